The molecule has 3 nitrogen and oxygen atoms in total. The van der Waals surface area contributed by atoms with Crippen molar-refractivity contribution in [2.75, 3.05) is 0 Å². The lowest BCUT2D eigenvalue weighted by atomic mass is 9.88. The van der Waals surface area contributed by atoms with E-state index in [9.17, 15) is 0 Å². The van der Waals surface area contributed by atoms with Gasteiger partial charge in [-0.3, -0.25) is 0 Å². The van der Waals surface area contributed by atoms with Crippen molar-refractivity contribution in [3.8, 4) is 78.7 Å². The Hall–Kier alpha value is -6.97. The molecule has 9 aromatic rings. The summed E-state index contributed by atoms with van der Waals surface area (Å²) in [5.74, 6) is 1.91. The zero-order chi connectivity index (χ0) is 34.7. The Labute approximate surface area is 303 Å². The molecule has 0 radical (unpaired) electrons. The van der Waals surface area contributed by atoms with Crippen LogP contribution in [0.15, 0.2) is 200 Å². The third-order valence-corrected chi connectivity index (χ3v) is 9.56. The molecule has 8 aromatic carbocycles. The van der Waals surface area contributed by atoms with Crippen LogP contribution in [0.4, 0.5) is 0 Å². The van der Waals surface area contributed by atoms with Crippen molar-refractivity contribution in [2.45, 2.75) is 0 Å². The summed E-state index contributed by atoms with van der Waals surface area (Å²) in [6.07, 6.45) is 0. The standard InChI is InChI=1S/C49H33N3/c1-4-14-34(15-5-1)36-26-28-39(29-27-36)48-50-47(38-19-8-3-9-20-38)51-49(52-48)42-23-12-22-41(32-42)44-31-30-40(35-16-6-2-7-17-35)33-46(44)45-25-13-21-37-18-10-11-24-43(37)45/h1-33H. The first kappa shape index (κ1) is 31.0. The topological polar surface area (TPSA) is 38.7 Å². The predicted octanol–water partition coefficient (Wildman–Crippen LogP) is 12.7. The van der Waals surface area contributed by atoms with Gasteiger partial charge < -0.3 is 0 Å². The molecule has 0 atom stereocenters. The summed E-state index contributed by atoms with van der Waals surface area (Å²) in [7, 11) is 0. The minimum Gasteiger partial charge on any atom is -0.208 e. The lowest BCUT2D eigenvalue weighted by Gasteiger charge is -2.16. The van der Waals surface area contributed by atoms with Crippen LogP contribution in [0.1, 0.15) is 0 Å². The molecule has 0 saturated carbocycles. The van der Waals surface area contributed by atoms with E-state index in [4.69, 9.17) is 15.0 Å². The molecule has 0 fully saturated rings. The van der Waals surface area contributed by atoms with Gasteiger partial charge in [0, 0.05) is 16.7 Å². The Morgan fingerprint density at radius 1 is 0.231 bits per heavy atom. The van der Waals surface area contributed by atoms with E-state index in [0.29, 0.717) is 17.5 Å². The third-order valence-electron chi connectivity index (χ3n) is 9.56. The summed E-state index contributed by atoms with van der Waals surface area (Å²) >= 11 is 0. The van der Waals surface area contributed by atoms with Crippen LogP contribution in [0.25, 0.3) is 89.4 Å². The summed E-state index contributed by atoms with van der Waals surface area (Å²) in [5.41, 5.74) is 12.1. The molecule has 3 heteroatoms. The van der Waals surface area contributed by atoms with Gasteiger partial charge in [-0.25, -0.2) is 15.0 Å². The zero-order valence-electron chi connectivity index (χ0n) is 28.4. The van der Waals surface area contributed by atoms with Gasteiger partial charge in [0.2, 0.25) is 0 Å². The molecule has 0 unspecified atom stereocenters. The second kappa shape index (κ2) is 13.7. The van der Waals surface area contributed by atoms with Crippen molar-refractivity contribution >= 4 is 10.8 Å². The molecule has 52 heavy (non-hydrogen) atoms. The van der Waals surface area contributed by atoms with Crippen LogP contribution in [-0.2, 0) is 0 Å². The van der Waals surface area contributed by atoms with E-state index in [1.165, 1.54) is 38.6 Å². The minimum absolute atomic E-state index is 0.630. The first-order valence-electron chi connectivity index (χ1n) is 17.5. The molecule has 0 aliphatic heterocycles. The average Bonchev–Trinajstić information content (AvgIpc) is 3.24. The van der Waals surface area contributed by atoms with Crippen LogP contribution in [-0.4, -0.2) is 15.0 Å². The Balaban J connectivity index is 1.18. The molecule has 0 bridgehead atoms. The highest BCUT2D eigenvalue weighted by molar-refractivity contribution is 6.01. The molecule has 1 heterocycles. The Morgan fingerprint density at radius 3 is 1.37 bits per heavy atom. The van der Waals surface area contributed by atoms with E-state index >= 15 is 0 Å². The maximum absolute atomic E-state index is 5.09. The maximum atomic E-state index is 5.09. The van der Waals surface area contributed by atoms with Gasteiger partial charge in [-0.15, -0.1) is 0 Å². The van der Waals surface area contributed by atoms with Gasteiger partial charge in [0.25, 0.3) is 0 Å². The second-order valence-electron chi connectivity index (χ2n) is 12.8. The number of aromatic nitrogens is 3. The lowest BCUT2D eigenvalue weighted by molar-refractivity contribution is 1.07. The van der Waals surface area contributed by atoms with Gasteiger partial charge in [-0.1, -0.05) is 188 Å². The Bertz CT molecular complexity index is 2650. The number of hydrogen-bond donors (Lipinski definition) is 0. The SMILES string of the molecule is c1ccc(-c2ccc(-c3nc(-c4ccccc4)nc(-c4cccc(-c5ccc(-c6ccccc6)cc5-c5cccc6ccccc56)c4)n3)cc2)cc1. The van der Waals surface area contributed by atoms with Gasteiger partial charge in [0.15, 0.2) is 17.5 Å². The second-order valence-corrected chi connectivity index (χ2v) is 12.8. The van der Waals surface area contributed by atoms with E-state index in [-0.39, 0.29) is 0 Å². The number of hydrogen-bond acceptors (Lipinski definition) is 3. The van der Waals surface area contributed by atoms with Gasteiger partial charge in [-0.2, -0.15) is 0 Å². The highest BCUT2D eigenvalue weighted by Gasteiger charge is 2.16. The molecule has 0 aliphatic rings. The molecule has 244 valence electrons. The van der Waals surface area contributed by atoms with Gasteiger partial charge in [0.1, 0.15) is 0 Å². The summed E-state index contributed by atoms with van der Waals surface area (Å²) in [4.78, 5) is 15.1. The van der Waals surface area contributed by atoms with Crippen molar-refractivity contribution < 1.29 is 0 Å². The molecule has 0 amide bonds. The van der Waals surface area contributed by atoms with Crippen LogP contribution in [0.2, 0.25) is 0 Å². The molecule has 0 aliphatic carbocycles. The van der Waals surface area contributed by atoms with Crippen LogP contribution < -0.4 is 0 Å². The number of benzene rings is 8. The molecule has 1 aromatic heterocycles. The largest absolute Gasteiger partial charge is 0.208 e. The molecule has 0 saturated heterocycles. The van der Waals surface area contributed by atoms with E-state index < -0.39 is 0 Å². The summed E-state index contributed by atoms with van der Waals surface area (Å²) < 4.78 is 0. The molecular weight excluding hydrogens is 631 g/mol. The third kappa shape index (κ3) is 6.17. The number of rotatable bonds is 7. The summed E-state index contributed by atoms with van der Waals surface area (Å²) in [6, 6.07) is 70.1. The van der Waals surface area contributed by atoms with E-state index in [2.05, 4.69) is 164 Å². The predicted molar refractivity (Wildman–Crippen MR) is 215 cm³/mol. The quantitative estimate of drug-likeness (QED) is 0.170. The number of fused-ring (bicyclic) bond motifs is 1. The van der Waals surface area contributed by atoms with Crippen LogP contribution in [0.3, 0.4) is 0 Å². The fourth-order valence-corrected chi connectivity index (χ4v) is 6.91. The fourth-order valence-electron chi connectivity index (χ4n) is 6.91. The van der Waals surface area contributed by atoms with Crippen LogP contribution in [0.5, 0.6) is 0 Å². The van der Waals surface area contributed by atoms with Gasteiger partial charge in [0.05, 0.1) is 0 Å². The average molecular weight is 664 g/mol. The van der Waals surface area contributed by atoms with E-state index in [0.717, 1.165) is 33.4 Å². The van der Waals surface area contributed by atoms with Gasteiger partial charge in [-0.05, 0) is 67.4 Å². The van der Waals surface area contributed by atoms with Crippen molar-refractivity contribution in [1.82, 2.24) is 15.0 Å². The summed E-state index contributed by atoms with van der Waals surface area (Å²) in [6.45, 7) is 0. The Morgan fingerprint density at radius 2 is 0.673 bits per heavy atom. The molecule has 9 rings (SSSR count). The first-order chi connectivity index (χ1) is 25.8. The van der Waals surface area contributed by atoms with Crippen molar-refractivity contribution in [1.29, 1.82) is 0 Å². The Kier molecular flexibility index (Phi) is 8.20. The van der Waals surface area contributed by atoms with Crippen LogP contribution in [0, 0.1) is 0 Å². The number of nitrogens with zero attached hydrogens (tertiary/aromatic N) is 3. The fraction of sp³-hybridized carbons (Fsp3) is 0. The molecule has 0 N–H and O–H groups in total. The van der Waals surface area contributed by atoms with Crippen molar-refractivity contribution in [2.24, 2.45) is 0 Å². The zero-order valence-corrected chi connectivity index (χ0v) is 28.4. The molecular formula is C49H33N3. The highest BCUT2D eigenvalue weighted by Crippen LogP contribution is 2.40. The van der Waals surface area contributed by atoms with Crippen molar-refractivity contribution in [3.63, 3.8) is 0 Å². The van der Waals surface area contributed by atoms with Gasteiger partial charge >= 0.3 is 0 Å². The van der Waals surface area contributed by atoms with E-state index in [1.807, 2.05) is 36.4 Å². The van der Waals surface area contributed by atoms with Crippen molar-refractivity contribution in [3.05, 3.63) is 200 Å². The van der Waals surface area contributed by atoms with E-state index in [1.54, 1.807) is 0 Å². The smallest absolute Gasteiger partial charge is 0.164 e. The lowest BCUT2D eigenvalue weighted by Crippen LogP contribution is -2.00. The first-order valence-corrected chi connectivity index (χ1v) is 17.5. The maximum Gasteiger partial charge on any atom is 0.164 e. The molecule has 0 spiro atoms. The highest BCUT2D eigenvalue weighted by atomic mass is 15.0. The minimum atomic E-state index is 0.630. The summed E-state index contributed by atoms with van der Waals surface area (Å²) in [5, 5.41) is 2.44. The monoisotopic (exact) mass is 663 g/mol. The normalized spacial score (nSPS) is 11.1. The van der Waals surface area contributed by atoms with Crippen LogP contribution >= 0.6 is 0 Å².